The second-order valence-corrected chi connectivity index (χ2v) is 10.4. The Morgan fingerprint density at radius 2 is 1.83 bits per heavy atom. The van der Waals surface area contributed by atoms with Crippen LogP contribution in [-0.2, 0) is 4.79 Å². The van der Waals surface area contributed by atoms with Crippen molar-refractivity contribution in [3.63, 3.8) is 0 Å². The standard InChI is InChI=1S/C25H32N2O2/c1-17-6-5-7-19(12-17)22(28)26-20-10-8-18(9-11-20)23(29)27-16-25(4)14-21(27)13-24(2,3)15-25/h5,7-12,17,21H,6,13-16H2,1-4H3,(H,26,28). The highest BCUT2D eigenvalue weighted by Crippen LogP contribution is 2.52. The lowest BCUT2D eigenvalue weighted by atomic mass is 9.65. The van der Waals surface area contributed by atoms with Crippen LogP contribution < -0.4 is 5.32 Å². The molecular weight excluding hydrogens is 360 g/mol. The fourth-order valence-electron chi connectivity index (χ4n) is 5.75. The molecule has 1 aliphatic heterocycles. The number of fused-ring (bicyclic) bond motifs is 2. The summed E-state index contributed by atoms with van der Waals surface area (Å²) in [5, 5.41) is 2.94. The van der Waals surface area contributed by atoms with E-state index in [0.29, 0.717) is 34.2 Å². The minimum absolute atomic E-state index is 0.102. The molecule has 0 aromatic heterocycles. The Labute approximate surface area is 174 Å². The van der Waals surface area contributed by atoms with Gasteiger partial charge in [0.2, 0.25) is 0 Å². The molecule has 3 aliphatic rings. The minimum atomic E-state index is -0.102. The molecule has 0 radical (unpaired) electrons. The molecule has 3 unspecified atom stereocenters. The smallest absolute Gasteiger partial charge is 0.255 e. The summed E-state index contributed by atoms with van der Waals surface area (Å²) in [6.07, 6.45) is 10.2. The monoisotopic (exact) mass is 392 g/mol. The molecule has 4 nitrogen and oxygen atoms in total. The number of rotatable bonds is 3. The number of benzene rings is 1. The van der Waals surface area contributed by atoms with Crippen LogP contribution >= 0.6 is 0 Å². The number of likely N-dealkylation sites (tertiary alicyclic amines) is 1. The zero-order valence-electron chi connectivity index (χ0n) is 18.0. The summed E-state index contributed by atoms with van der Waals surface area (Å²) in [5.41, 5.74) is 2.63. The molecule has 2 fully saturated rings. The van der Waals surface area contributed by atoms with E-state index in [-0.39, 0.29) is 17.2 Å². The van der Waals surface area contributed by atoms with Gasteiger partial charge >= 0.3 is 0 Å². The lowest BCUT2D eigenvalue weighted by Gasteiger charge is -2.39. The number of amides is 2. The predicted octanol–water partition coefficient (Wildman–Crippen LogP) is 5.19. The van der Waals surface area contributed by atoms with Crippen LogP contribution in [-0.4, -0.2) is 29.3 Å². The van der Waals surface area contributed by atoms with Crippen LogP contribution in [0.4, 0.5) is 5.69 Å². The van der Waals surface area contributed by atoms with Crippen molar-refractivity contribution in [3.05, 3.63) is 53.6 Å². The van der Waals surface area contributed by atoms with Crippen LogP contribution in [0.3, 0.4) is 0 Å². The summed E-state index contributed by atoms with van der Waals surface area (Å²) in [6, 6.07) is 7.66. The number of hydrogen-bond donors (Lipinski definition) is 1. The summed E-state index contributed by atoms with van der Waals surface area (Å²) in [4.78, 5) is 27.7. The van der Waals surface area contributed by atoms with E-state index in [0.717, 1.165) is 25.8 Å². The molecule has 4 heteroatoms. The average molecular weight is 393 g/mol. The maximum atomic E-state index is 13.2. The first-order chi connectivity index (χ1) is 13.6. The average Bonchev–Trinajstić information content (AvgIpc) is 2.90. The Kier molecular flexibility index (Phi) is 4.92. The van der Waals surface area contributed by atoms with Crippen molar-refractivity contribution in [1.29, 1.82) is 0 Å². The van der Waals surface area contributed by atoms with Gasteiger partial charge in [-0.25, -0.2) is 0 Å². The van der Waals surface area contributed by atoms with Gasteiger partial charge in [0.1, 0.15) is 0 Å². The summed E-state index contributed by atoms with van der Waals surface area (Å²) >= 11 is 0. The molecule has 2 aliphatic carbocycles. The van der Waals surface area contributed by atoms with Crippen molar-refractivity contribution in [2.75, 3.05) is 11.9 Å². The Morgan fingerprint density at radius 1 is 1.10 bits per heavy atom. The van der Waals surface area contributed by atoms with E-state index in [1.807, 2.05) is 42.5 Å². The number of nitrogens with zero attached hydrogens (tertiary/aromatic N) is 1. The zero-order valence-corrected chi connectivity index (χ0v) is 18.0. The van der Waals surface area contributed by atoms with Gasteiger partial charge in [-0.2, -0.15) is 0 Å². The van der Waals surface area contributed by atoms with Crippen LogP contribution in [0.1, 0.15) is 63.7 Å². The first-order valence-electron chi connectivity index (χ1n) is 10.7. The molecular formula is C25H32N2O2. The largest absolute Gasteiger partial charge is 0.335 e. The fourth-order valence-corrected chi connectivity index (χ4v) is 5.75. The number of carbonyl (C=O) groups excluding carboxylic acids is 2. The maximum absolute atomic E-state index is 13.2. The van der Waals surface area contributed by atoms with Crippen LogP contribution in [0.5, 0.6) is 0 Å². The number of nitrogens with one attached hydrogen (secondary N) is 1. The summed E-state index contributed by atoms with van der Waals surface area (Å²) in [5.74, 6) is 0.392. The van der Waals surface area contributed by atoms with E-state index in [1.165, 1.54) is 6.42 Å². The van der Waals surface area contributed by atoms with Crippen molar-refractivity contribution < 1.29 is 9.59 Å². The van der Waals surface area contributed by atoms with E-state index < -0.39 is 0 Å². The number of hydrogen-bond acceptors (Lipinski definition) is 2. The molecule has 1 aromatic rings. The van der Waals surface area contributed by atoms with E-state index in [4.69, 9.17) is 0 Å². The van der Waals surface area contributed by atoms with Crippen molar-refractivity contribution in [1.82, 2.24) is 4.90 Å². The van der Waals surface area contributed by atoms with Gasteiger partial charge < -0.3 is 10.2 Å². The second kappa shape index (κ2) is 7.16. The van der Waals surface area contributed by atoms with Gasteiger partial charge in [-0.05, 0) is 66.7 Å². The van der Waals surface area contributed by atoms with Gasteiger partial charge in [0.05, 0.1) is 0 Å². The van der Waals surface area contributed by atoms with Gasteiger partial charge in [0.25, 0.3) is 11.8 Å². The summed E-state index contributed by atoms with van der Waals surface area (Å²) in [6.45, 7) is 9.91. The first-order valence-corrected chi connectivity index (χ1v) is 10.7. The van der Waals surface area contributed by atoms with Gasteiger partial charge in [-0.1, -0.05) is 45.9 Å². The third-order valence-corrected chi connectivity index (χ3v) is 6.60. The van der Waals surface area contributed by atoms with E-state index in [2.05, 4.69) is 37.9 Å². The Bertz CT molecular complexity index is 881. The van der Waals surface area contributed by atoms with E-state index in [1.54, 1.807) is 0 Å². The molecule has 1 aromatic carbocycles. The lowest BCUT2D eigenvalue weighted by molar-refractivity contribution is -0.112. The van der Waals surface area contributed by atoms with Crippen molar-refractivity contribution in [2.45, 2.75) is 59.4 Å². The second-order valence-electron chi connectivity index (χ2n) is 10.4. The molecule has 1 N–H and O–H groups in total. The Morgan fingerprint density at radius 3 is 2.52 bits per heavy atom. The van der Waals surface area contributed by atoms with Gasteiger partial charge in [0.15, 0.2) is 0 Å². The van der Waals surface area contributed by atoms with Crippen LogP contribution in [0.15, 0.2) is 48.1 Å². The van der Waals surface area contributed by atoms with E-state index >= 15 is 0 Å². The Hall–Kier alpha value is -2.36. The van der Waals surface area contributed by atoms with Crippen LogP contribution in [0, 0.1) is 16.7 Å². The van der Waals surface area contributed by atoms with Gasteiger partial charge in [-0.15, -0.1) is 0 Å². The molecule has 2 bridgehead atoms. The number of allylic oxidation sites excluding steroid dienone is 2. The predicted molar refractivity (Wildman–Crippen MR) is 117 cm³/mol. The minimum Gasteiger partial charge on any atom is -0.335 e. The highest BCUT2D eigenvalue weighted by molar-refractivity contribution is 6.06. The van der Waals surface area contributed by atoms with E-state index in [9.17, 15) is 9.59 Å². The number of carbonyl (C=O) groups is 2. The van der Waals surface area contributed by atoms with Crippen LogP contribution in [0.25, 0.3) is 0 Å². The molecule has 3 atom stereocenters. The molecule has 1 saturated heterocycles. The van der Waals surface area contributed by atoms with Crippen molar-refractivity contribution in [3.8, 4) is 0 Å². The highest BCUT2D eigenvalue weighted by Gasteiger charge is 2.50. The molecule has 2 amide bonds. The molecule has 4 rings (SSSR count). The van der Waals surface area contributed by atoms with Gasteiger partial charge in [0, 0.05) is 29.4 Å². The highest BCUT2D eigenvalue weighted by atomic mass is 16.2. The van der Waals surface area contributed by atoms with Crippen molar-refractivity contribution in [2.24, 2.45) is 16.7 Å². The van der Waals surface area contributed by atoms with Gasteiger partial charge in [-0.3, -0.25) is 9.59 Å². The van der Waals surface area contributed by atoms with Crippen LogP contribution in [0.2, 0.25) is 0 Å². The topological polar surface area (TPSA) is 49.4 Å². The SMILES string of the molecule is CC1C=C(C(=O)Nc2ccc(C(=O)N3CC4(C)CC3CC(C)(C)C4)cc2)C=CC1. The molecule has 1 saturated carbocycles. The lowest BCUT2D eigenvalue weighted by Crippen LogP contribution is -2.37. The third-order valence-electron chi connectivity index (χ3n) is 6.60. The summed E-state index contributed by atoms with van der Waals surface area (Å²) < 4.78 is 0. The fraction of sp³-hybridized carbons (Fsp3) is 0.520. The zero-order chi connectivity index (χ0) is 20.8. The molecule has 29 heavy (non-hydrogen) atoms. The number of anilines is 1. The molecule has 1 heterocycles. The maximum Gasteiger partial charge on any atom is 0.255 e. The molecule has 154 valence electrons. The molecule has 0 spiro atoms. The first kappa shape index (κ1) is 19.9. The summed E-state index contributed by atoms with van der Waals surface area (Å²) in [7, 11) is 0. The van der Waals surface area contributed by atoms with Crippen molar-refractivity contribution >= 4 is 17.5 Å². The Balaban J connectivity index is 1.44. The third kappa shape index (κ3) is 4.17. The normalized spacial score (nSPS) is 30.1. The quantitative estimate of drug-likeness (QED) is 0.770.